The Balaban J connectivity index is 1.65. The van der Waals surface area contributed by atoms with Crippen molar-refractivity contribution in [2.75, 3.05) is 29.9 Å². The van der Waals surface area contributed by atoms with Crippen LogP contribution < -0.4 is 10.2 Å². The highest BCUT2D eigenvalue weighted by Gasteiger charge is 2.38. The maximum Gasteiger partial charge on any atom is 0.419 e. The predicted octanol–water partition coefficient (Wildman–Crippen LogP) is 5.51. The molecule has 0 bridgehead atoms. The van der Waals surface area contributed by atoms with Gasteiger partial charge in [0.2, 0.25) is 0 Å². The molecule has 1 N–H and O–H groups in total. The topological polar surface area (TPSA) is 48.5 Å². The molecule has 1 aromatic heterocycles. The fourth-order valence-electron chi connectivity index (χ4n) is 3.56. The van der Waals surface area contributed by atoms with Gasteiger partial charge in [0.15, 0.2) is 0 Å². The zero-order valence-electron chi connectivity index (χ0n) is 17.3. The van der Waals surface area contributed by atoms with Gasteiger partial charge in [-0.1, -0.05) is 12.1 Å². The van der Waals surface area contributed by atoms with Gasteiger partial charge in [-0.25, -0.2) is 9.78 Å². The average Bonchev–Trinajstić information content (AvgIpc) is 2.72. The number of urea groups is 1. The summed E-state index contributed by atoms with van der Waals surface area (Å²) in [5.74, 6) is -1.81. The minimum absolute atomic E-state index is 0.0771. The number of hydrogen-bond acceptors (Lipinski definition) is 3. The standard InChI is InChI=1S/C21H22F6N4O/c1-13-12-30(18-17(21(25,26)27)4-3-9-28-18)10-11-31(13)19(32)29-16-7-5-15(6-8-16)14(2)20(22,23)24/h3-9,13-14H,10-12H2,1-2H3,(H,29,32)/t13-,14?/m1/s1. The SMILES string of the molecule is CC(c1ccc(NC(=O)N2CCN(c3ncccc3C(F)(F)F)C[C@H]2C)cc1)C(F)(F)F. The first-order chi connectivity index (χ1) is 14.9. The van der Waals surface area contributed by atoms with Crippen LogP contribution in [-0.4, -0.2) is 47.8 Å². The van der Waals surface area contributed by atoms with Gasteiger partial charge in [-0.2, -0.15) is 26.3 Å². The van der Waals surface area contributed by atoms with Crippen molar-refractivity contribution in [1.82, 2.24) is 9.88 Å². The number of alkyl halides is 6. The molecular weight excluding hydrogens is 438 g/mol. The van der Waals surface area contributed by atoms with Gasteiger partial charge in [0.25, 0.3) is 0 Å². The van der Waals surface area contributed by atoms with Crippen molar-refractivity contribution in [3.8, 4) is 0 Å². The summed E-state index contributed by atoms with van der Waals surface area (Å²) in [6.45, 7) is 3.22. The first-order valence-corrected chi connectivity index (χ1v) is 9.89. The Labute approximate surface area is 181 Å². The Bertz CT molecular complexity index is 945. The van der Waals surface area contributed by atoms with E-state index in [0.717, 1.165) is 13.0 Å². The normalized spacial score (nSPS) is 18.4. The fraction of sp³-hybridized carbons (Fsp3) is 0.429. The van der Waals surface area contributed by atoms with Gasteiger partial charge in [0.05, 0.1) is 11.5 Å². The van der Waals surface area contributed by atoms with Crippen molar-refractivity contribution in [1.29, 1.82) is 0 Å². The zero-order chi connectivity index (χ0) is 23.7. The summed E-state index contributed by atoms with van der Waals surface area (Å²) >= 11 is 0. The van der Waals surface area contributed by atoms with Crippen molar-refractivity contribution >= 4 is 17.5 Å². The summed E-state index contributed by atoms with van der Waals surface area (Å²) in [5, 5.41) is 2.63. The van der Waals surface area contributed by atoms with Crippen LogP contribution >= 0.6 is 0 Å². The van der Waals surface area contributed by atoms with E-state index in [4.69, 9.17) is 0 Å². The van der Waals surface area contributed by atoms with Crippen LogP contribution in [0, 0.1) is 0 Å². The lowest BCUT2D eigenvalue weighted by atomic mass is 10.0. The van der Waals surface area contributed by atoms with E-state index in [1.807, 2.05) is 0 Å². The number of carbonyl (C=O) groups excluding carboxylic acids is 1. The van der Waals surface area contributed by atoms with Gasteiger partial charge in [0, 0.05) is 37.6 Å². The number of amides is 2. The molecule has 2 amide bonds. The van der Waals surface area contributed by atoms with Crippen LogP contribution in [0.5, 0.6) is 0 Å². The van der Waals surface area contributed by atoms with E-state index in [1.165, 1.54) is 46.3 Å². The molecule has 1 aliphatic rings. The van der Waals surface area contributed by atoms with E-state index in [0.29, 0.717) is 5.69 Å². The summed E-state index contributed by atoms with van der Waals surface area (Å²) < 4.78 is 78.3. The van der Waals surface area contributed by atoms with Gasteiger partial charge >= 0.3 is 18.4 Å². The van der Waals surface area contributed by atoms with E-state index in [1.54, 1.807) is 6.92 Å². The number of anilines is 2. The Morgan fingerprint density at radius 2 is 1.75 bits per heavy atom. The van der Waals surface area contributed by atoms with E-state index in [-0.39, 0.29) is 31.0 Å². The number of benzene rings is 1. The van der Waals surface area contributed by atoms with Crippen LogP contribution in [0.2, 0.25) is 0 Å². The molecule has 1 aliphatic heterocycles. The third-order valence-electron chi connectivity index (χ3n) is 5.43. The number of rotatable bonds is 3. The fourth-order valence-corrected chi connectivity index (χ4v) is 3.56. The molecule has 0 radical (unpaired) electrons. The van der Waals surface area contributed by atoms with Crippen LogP contribution in [0.25, 0.3) is 0 Å². The third-order valence-corrected chi connectivity index (χ3v) is 5.43. The van der Waals surface area contributed by atoms with Gasteiger partial charge < -0.3 is 15.1 Å². The quantitative estimate of drug-likeness (QED) is 0.615. The molecule has 1 aromatic carbocycles. The van der Waals surface area contributed by atoms with Crippen molar-refractivity contribution in [3.05, 3.63) is 53.7 Å². The molecule has 0 spiro atoms. The minimum atomic E-state index is -4.54. The number of aromatic nitrogens is 1. The Morgan fingerprint density at radius 1 is 1.09 bits per heavy atom. The van der Waals surface area contributed by atoms with E-state index >= 15 is 0 Å². The highest BCUT2D eigenvalue weighted by molar-refractivity contribution is 5.89. The molecule has 2 heterocycles. The second-order valence-electron chi connectivity index (χ2n) is 7.68. The largest absolute Gasteiger partial charge is 0.419 e. The molecule has 5 nitrogen and oxygen atoms in total. The molecule has 0 saturated carbocycles. The van der Waals surface area contributed by atoms with Crippen molar-refractivity contribution in [2.24, 2.45) is 0 Å². The Morgan fingerprint density at radius 3 is 2.31 bits per heavy atom. The van der Waals surface area contributed by atoms with Crippen LogP contribution in [0.4, 0.5) is 42.6 Å². The monoisotopic (exact) mass is 460 g/mol. The van der Waals surface area contributed by atoms with E-state index in [9.17, 15) is 31.1 Å². The number of nitrogens with one attached hydrogen (secondary N) is 1. The van der Waals surface area contributed by atoms with Crippen molar-refractivity contribution < 1.29 is 31.1 Å². The highest BCUT2D eigenvalue weighted by Crippen LogP contribution is 2.36. The first-order valence-electron chi connectivity index (χ1n) is 9.89. The summed E-state index contributed by atoms with van der Waals surface area (Å²) in [5.41, 5.74) is -0.432. The summed E-state index contributed by atoms with van der Waals surface area (Å²) in [6, 6.07) is 6.67. The summed E-state index contributed by atoms with van der Waals surface area (Å²) in [4.78, 5) is 19.5. The Kier molecular flexibility index (Phi) is 6.56. The van der Waals surface area contributed by atoms with Crippen LogP contribution in [-0.2, 0) is 6.18 Å². The van der Waals surface area contributed by atoms with Crippen LogP contribution in [0.15, 0.2) is 42.6 Å². The third kappa shape index (κ3) is 5.25. The Hall–Kier alpha value is -2.98. The van der Waals surface area contributed by atoms with E-state index < -0.39 is 35.9 Å². The number of hydrogen-bond donors (Lipinski definition) is 1. The molecule has 2 aromatic rings. The highest BCUT2D eigenvalue weighted by atomic mass is 19.4. The van der Waals surface area contributed by atoms with Crippen molar-refractivity contribution in [2.45, 2.75) is 38.2 Å². The molecular formula is C21H22F6N4O. The predicted molar refractivity (Wildman–Crippen MR) is 108 cm³/mol. The summed E-state index contributed by atoms with van der Waals surface area (Å²) in [6.07, 6.45) is -7.62. The second-order valence-corrected chi connectivity index (χ2v) is 7.68. The summed E-state index contributed by atoms with van der Waals surface area (Å²) in [7, 11) is 0. The maximum absolute atomic E-state index is 13.3. The molecule has 174 valence electrons. The van der Waals surface area contributed by atoms with Gasteiger partial charge in [-0.15, -0.1) is 0 Å². The number of nitrogens with zero attached hydrogens (tertiary/aromatic N) is 3. The van der Waals surface area contributed by atoms with E-state index in [2.05, 4.69) is 10.3 Å². The van der Waals surface area contributed by atoms with Crippen molar-refractivity contribution in [3.63, 3.8) is 0 Å². The molecule has 0 aliphatic carbocycles. The minimum Gasteiger partial charge on any atom is -0.352 e. The van der Waals surface area contributed by atoms with Crippen LogP contribution in [0.3, 0.4) is 0 Å². The zero-order valence-corrected chi connectivity index (χ0v) is 17.3. The molecule has 2 atom stereocenters. The number of carbonyl (C=O) groups is 1. The molecule has 1 unspecified atom stereocenters. The first kappa shape index (κ1) is 23.7. The molecule has 32 heavy (non-hydrogen) atoms. The lowest BCUT2D eigenvalue weighted by molar-refractivity contribution is -0.146. The van der Waals surface area contributed by atoms with Gasteiger partial charge in [0.1, 0.15) is 5.82 Å². The molecule has 3 rings (SSSR count). The second kappa shape index (κ2) is 8.87. The lowest BCUT2D eigenvalue weighted by Crippen LogP contribution is -2.55. The smallest absolute Gasteiger partial charge is 0.352 e. The number of pyridine rings is 1. The van der Waals surface area contributed by atoms with Gasteiger partial charge in [-0.3, -0.25) is 0 Å². The van der Waals surface area contributed by atoms with Crippen LogP contribution in [0.1, 0.15) is 30.9 Å². The average molecular weight is 460 g/mol. The molecule has 1 saturated heterocycles. The number of piperazine rings is 1. The lowest BCUT2D eigenvalue weighted by Gasteiger charge is -2.40. The molecule has 11 heteroatoms. The maximum atomic E-state index is 13.3. The number of halogens is 6. The van der Waals surface area contributed by atoms with Gasteiger partial charge in [-0.05, 0) is 43.7 Å². The molecule has 1 fully saturated rings.